The van der Waals surface area contributed by atoms with E-state index in [1.54, 1.807) is 0 Å². The van der Waals surface area contributed by atoms with Crippen LogP contribution in [-0.4, -0.2) is 8.80 Å². The summed E-state index contributed by atoms with van der Waals surface area (Å²) in [5, 5.41) is 4.57. The molecule has 1 aliphatic rings. The van der Waals surface area contributed by atoms with Crippen LogP contribution >= 0.6 is 0 Å². The molecule has 0 aromatic heterocycles. The summed E-state index contributed by atoms with van der Waals surface area (Å²) >= 11 is 0. The number of benzene rings is 3. The molecular weight excluding hydrogens is 532 g/mol. The molecule has 0 saturated heterocycles. The first-order valence-electron chi connectivity index (χ1n) is 13.5. The molecule has 1 unspecified atom stereocenters. The van der Waals surface area contributed by atoms with Crippen molar-refractivity contribution in [3.05, 3.63) is 133 Å². The summed E-state index contributed by atoms with van der Waals surface area (Å²) in [4.78, 5) is 0. The van der Waals surface area contributed by atoms with Gasteiger partial charge in [0.25, 0.3) is 0 Å². The summed E-state index contributed by atoms with van der Waals surface area (Å²) in [6.45, 7) is 22.1. The molecule has 4 rings (SSSR count). The fourth-order valence-corrected chi connectivity index (χ4v) is 8.13. The molecule has 0 bridgehead atoms. The standard InChI is InChI=1S/C26H31Si.C9H13.3CH3.Ti/c1-7-22-15-23(8-2)17-24(16-22)27(25-11-9-18(3)13-20(25)5)26-12-10-19(4)14-21(26)6;1-6-5-7(2)9(4)8(6)3;;;;/h9-17H,7-8H2,1-6H3;6H,1-4H3;3*1H3;/q;4*-1;+4. The predicted octanol–water partition coefficient (Wildman–Crippen LogP) is 8.63. The molecule has 213 valence electrons. The summed E-state index contributed by atoms with van der Waals surface area (Å²) < 4.78 is 0. The van der Waals surface area contributed by atoms with Gasteiger partial charge in [0.15, 0.2) is 8.80 Å². The Morgan fingerprint density at radius 2 is 1.07 bits per heavy atom. The molecule has 3 aromatic rings. The van der Waals surface area contributed by atoms with Gasteiger partial charge in [-0.2, -0.15) is 11.1 Å². The maximum Gasteiger partial charge on any atom is 4.00 e. The number of rotatable bonds is 5. The monoisotopic (exact) mass is 585 g/mol. The fourth-order valence-electron chi connectivity index (χ4n) is 5.12. The molecule has 0 nitrogen and oxygen atoms in total. The Labute approximate surface area is 265 Å². The molecule has 0 fully saturated rings. The third-order valence-corrected chi connectivity index (χ3v) is 10.8. The Bertz CT molecular complexity index is 1220. The average Bonchev–Trinajstić information content (AvgIpc) is 3.07. The van der Waals surface area contributed by atoms with Gasteiger partial charge in [0.1, 0.15) is 0 Å². The van der Waals surface area contributed by atoms with Crippen LogP contribution in [-0.2, 0) is 34.6 Å². The number of hydrogen-bond donors (Lipinski definition) is 0. The Kier molecular flexibility index (Phi) is 17.9. The van der Waals surface area contributed by atoms with Gasteiger partial charge < -0.3 is 22.3 Å². The van der Waals surface area contributed by atoms with E-state index in [4.69, 9.17) is 0 Å². The zero-order chi connectivity index (χ0) is 26.6. The fraction of sp³-hybridized carbons (Fsp3) is 0.342. The van der Waals surface area contributed by atoms with Crippen LogP contribution < -0.4 is 15.6 Å². The van der Waals surface area contributed by atoms with E-state index in [-0.39, 0.29) is 44.0 Å². The minimum absolute atomic E-state index is 0. The van der Waals surface area contributed by atoms with Crippen molar-refractivity contribution < 1.29 is 21.7 Å². The van der Waals surface area contributed by atoms with Crippen LogP contribution in [0.5, 0.6) is 0 Å². The molecule has 1 aliphatic carbocycles. The van der Waals surface area contributed by atoms with E-state index < -0.39 is 8.80 Å². The molecule has 40 heavy (non-hydrogen) atoms. The smallest absolute Gasteiger partial charge is 0.358 e. The second-order valence-corrected chi connectivity index (χ2v) is 13.0. The van der Waals surface area contributed by atoms with Gasteiger partial charge in [-0.3, -0.25) is 6.08 Å². The van der Waals surface area contributed by atoms with Crippen molar-refractivity contribution in [1.82, 2.24) is 0 Å². The normalized spacial score (nSPS) is 13.7. The van der Waals surface area contributed by atoms with Crippen LogP contribution in [0.3, 0.4) is 0 Å². The molecule has 1 atom stereocenters. The average molecular weight is 586 g/mol. The van der Waals surface area contributed by atoms with E-state index in [2.05, 4.69) is 130 Å². The molecule has 0 amide bonds. The molecule has 1 radical (unpaired) electrons. The first-order valence-corrected chi connectivity index (χ1v) is 15.0. The van der Waals surface area contributed by atoms with Crippen molar-refractivity contribution in [3.8, 4) is 0 Å². The van der Waals surface area contributed by atoms with E-state index in [1.165, 1.54) is 65.7 Å². The molecule has 0 spiro atoms. The van der Waals surface area contributed by atoms with Crippen LogP contribution in [0.4, 0.5) is 0 Å². The summed E-state index contributed by atoms with van der Waals surface area (Å²) in [6, 6.07) is 21.3. The Balaban J connectivity index is 0. The first kappa shape index (κ1) is 40.2. The Morgan fingerprint density at radius 1 is 0.650 bits per heavy atom. The summed E-state index contributed by atoms with van der Waals surface area (Å²) in [7, 11) is -1.03. The zero-order valence-corrected chi connectivity index (χ0v) is 30.2. The van der Waals surface area contributed by atoms with Gasteiger partial charge in [-0.15, -0.1) is 6.92 Å². The van der Waals surface area contributed by atoms with Crippen molar-refractivity contribution in [1.29, 1.82) is 0 Å². The van der Waals surface area contributed by atoms with Crippen molar-refractivity contribution in [2.45, 2.75) is 82.1 Å². The largest absolute Gasteiger partial charge is 4.00 e. The molecule has 0 heterocycles. The van der Waals surface area contributed by atoms with Crippen LogP contribution in [0.25, 0.3) is 0 Å². The first-order chi connectivity index (χ1) is 17.0. The Morgan fingerprint density at radius 3 is 1.35 bits per heavy atom. The van der Waals surface area contributed by atoms with E-state index in [0.29, 0.717) is 5.92 Å². The molecule has 2 heteroatoms. The maximum absolute atomic E-state index is 3.36. The minimum atomic E-state index is -1.03. The van der Waals surface area contributed by atoms with Gasteiger partial charge in [0, 0.05) is 0 Å². The molecule has 3 aromatic carbocycles. The zero-order valence-electron chi connectivity index (χ0n) is 27.7. The van der Waals surface area contributed by atoms with Gasteiger partial charge in [-0.05, 0) is 62.0 Å². The van der Waals surface area contributed by atoms with Gasteiger partial charge in [-0.25, -0.2) is 5.57 Å². The van der Waals surface area contributed by atoms with Crippen LogP contribution in [0.2, 0.25) is 0 Å². The molecule has 0 N–H and O–H groups in total. The third kappa shape index (κ3) is 9.57. The van der Waals surface area contributed by atoms with Gasteiger partial charge in [0.05, 0.1) is 0 Å². The van der Waals surface area contributed by atoms with Crippen LogP contribution in [0, 0.1) is 62.0 Å². The van der Waals surface area contributed by atoms with Crippen molar-refractivity contribution in [2.24, 2.45) is 5.92 Å². The molecule has 0 aliphatic heterocycles. The predicted molar refractivity (Wildman–Crippen MR) is 181 cm³/mol. The van der Waals surface area contributed by atoms with Crippen LogP contribution in [0.15, 0.2) is 71.3 Å². The van der Waals surface area contributed by atoms with Crippen LogP contribution in [0.1, 0.15) is 74.9 Å². The topological polar surface area (TPSA) is 0 Å². The third-order valence-electron chi connectivity index (χ3n) is 7.70. The van der Waals surface area contributed by atoms with E-state index in [1.807, 2.05) is 0 Å². The second kappa shape index (κ2) is 17.8. The van der Waals surface area contributed by atoms with E-state index in [0.717, 1.165) is 12.8 Å². The quantitative estimate of drug-likeness (QED) is 0.160. The summed E-state index contributed by atoms with van der Waals surface area (Å²) in [5.74, 6) is 0.560. The summed E-state index contributed by atoms with van der Waals surface area (Å²) in [6.07, 6.45) is 5.54. The minimum Gasteiger partial charge on any atom is -0.358 e. The maximum atomic E-state index is 3.36. The number of allylic oxidation sites excluding steroid dienone is 4. The molecule has 0 saturated carbocycles. The second-order valence-electron chi connectivity index (χ2n) is 10.6. The van der Waals surface area contributed by atoms with E-state index >= 15 is 0 Å². The molecular formula is C38H53SiTi. The van der Waals surface area contributed by atoms with Crippen molar-refractivity contribution in [2.75, 3.05) is 0 Å². The van der Waals surface area contributed by atoms with E-state index in [9.17, 15) is 0 Å². The SMILES string of the molecule is CC1=[C-]C(C)C(C)=C1C.CCc1cc(CC)cc([Si](c2ccc(C)cc2C)c2ccc(C)cc2C)c1.[CH3-].[CH3-].[CH3-].[Ti+4]. The summed E-state index contributed by atoms with van der Waals surface area (Å²) in [5.41, 5.74) is 12.7. The van der Waals surface area contributed by atoms with Gasteiger partial charge in [0.2, 0.25) is 0 Å². The Hall–Kier alpha value is -1.93. The number of hydrogen-bond acceptors (Lipinski definition) is 0. The van der Waals surface area contributed by atoms with Crippen molar-refractivity contribution in [3.63, 3.8) is 0 Å². The number of aryl methyl sites for hydroxylation is 6. The van der Waals surface area contributed by atoms with Gasteiger partial charge >= 0.3 is 21.7 Å². The van der Waals surface area contributed by atoms with Crippen molar-refractivity contribution >= 4 is 24.4 Å². The van der Waals surface area contributed by atoms with Gasteiger partial charge in [-0.1, -0.05) is 123 Å².